The molecule has 1 aromatic heterocycles. The molecule has 0 radical (unpaired) electrons. The van der Waals surface area contributed by atoms with Crippen molar-refractivity contribution in [3.05, 3.63) is 41.1 Å². The van der Waals surface area contributed by atoms with Gasteiger partial charge in [0, 0.05) is 11.1 Å². The van der Waals surface area contributed by atoms with Gasteiger partial charge in [-0.25, -0.2) is 4.79 Å². The molecule has 0 aliphatic heterocycles. The standard InChI is InChI=1S/C21H23N3O3/c1-13(2)21(3,12-22)24-18(25)11-27-20(26)19-14-7-4-5-9-16(14)23-17-10-6-8-15(17)19/h4-5,7,9,13H,6,8,10-11H2,1-3H3,(H,24,25). The van der Waals surface area contributed by atoms with Gasteiger partial charge in [0.25, 0.3) is 5.91 Å². The number of fused-ring (bicyclic) bond motifs is 2. The number of pyridine rings is 1. The molecule has 1 heterocycles. The van der Waals surface area contributed by atoms with Crippen molar-refractivity contribution in [1.82, 2.24) is 10.3 Å². The molecule has 27 heavy (non-hydrogen) atoms. The van der Waals surface area contributed by atoms with Gasteiger partial charge in [0.15, 0.2) is 6.61 Å². The maximum absolute atomic E-state index is 12.8. The number of aryl methyl sites for hydroxylation is 1. The summed E-state index contributed by atoms with van der Waals surface area (Å²) in [5.74, 6) is -1.09. The summed E-state index contributed by atoms with van der Waals surface area (Å²) in [6, 6.07) is 9.57. The third-order valence-electron chi connectivity index (χ3n) is 5.24. The first-order chi connectivity index (χ1) is 12.9. The van der Waals surface area contributed by atoms with Gasteiger partial charge in [-0.3, -0.25) is 9.78 Å². The highest BCUT2D eigenvalue weighted by molar-refractivity contribution is 6.05. The second-order valence-corrected chi connectivity index (χ2v) is 7.38. The largest absolute Gasteiger partial charge is 0.452 e. The van der Waals surface area contributed by atoms with Crippen LogP contribution in [0, 0.1) is 17.2 Å². The lowest BCUT2D eigenvalue weighted by atomic mass is 9.90. The highest BCUT2D eigenvalue weighted by atomic mass is 16.5. The number of para-hydroxylation sites is 1. The van der Waals surface area contributed by atoms with Gasteiger partial charge in [0.1, 0.15) is 5.54 Å². The van der Waals surface area contributed by atoms with E-state index in [1.165, 1.54) is 0 Å². The summed E-state index contributed by atoms with van der Waals surface area (Å²) < 4.78 is 5.31. The summed E-state index contributed by atoms with van der Waals surface area (Å²) in [6.45, 7) is 4.93. The monoisotopic (exact) mass is 365 g/mol. The molecule has 1 aliphatic carbocycles. The fraction of sp³-hybridized carbons (Fsp3) is 0.429. The molecule has 0 fully saturated rings. The first kappa shape index (κ1) is 18.8. The van der Waals surface area contributed by atoms with Crippen molar-refractivity contribution >= 4 is 22.8 Å². The summed E-state index contributed by atoms with van der Waals surface area (Å²) >= 11 is 0. The van der Waals surface area contributed by atoms with Gasteiger partial charge in [-0.2, -0.15) is 5.26 Å². The number of nitrogens with one attached hydrogen (secondary N) is 1. The van der Waals surface area contributed by atoms with Crippen LogP contribution < -0.4 is 5.32 Å². The third kappa shape index (κ3) is 3.63. The van der Waals surface area contributed by atoms with Gasteiger partial charge in [0.05, 0.1) is 17.1 Å². The number of rotatable bonds is 5. The molecule has 0 bridgehead atoms. The number of amides is 1. The van der Waals surface area contributed by atoms with Crippen LogP contribution in [0.5, 0.6) is 0 Å². The molecule has 0 spiro atoms. The Hall–Kier alpha value is -2.94. The molecule has 1 amide bonds. The van der Waals surface area contributed by atoms with Crippen LogP contribution >= 0.6 is 0 Å². The van der Waals surface area contributed by atoms with E-state index < -0.39 is 24.0 Å². The molecule has 1 unspecified atom stereocenters. The van der Waals surface area contributed by atoms with Crippen molar-refractivity contribution in [3.8, 4) is 6.07 Å². The molecule has 1 aromatic carbocycles. The number of hydrogen-bond acceptors (Lipinski definition) is 5. The molecule has 0 saturated heterocycles. The molecular weight excluding hydrogens is 342 g/mol. The van der Waals surface area contributed by atoms with Crippen molar-refractivity contribution < 1.29 is 14.3 Å². The third-order valence-corrected chi connectivity index (χ3v) is 5.24. The van der Waals surface area contributed by atoms with E-state index in [9.17, 15) is 14.9 Å². The number of carbonyl (C=O) groups excluding carboxylic acids is 2. The number of nitrogens with zero attached hydrogens (tertiary/aromatic N) is 2. The average Bonchev–Trinajstić information content (AvgIpc) is 3.11. The number of ether oxygens (including phenoxy) is 1. The Morgan fingerprint density at radius 1 is 1.33 bits per heavy atom. The van der Waals surface area contributed by atoms with Gasteiger partial charge in [-0.05, 0) is 43.7 Å². The van der Waals surface area contributed by atoms with E-state index in [-0.39, 0.29) is 5.92 Å². The van der Waals surface area contributed by atoms with Crippen LogP contribution in [0.15, 0.2) is 24.3 Å². The fourth-order valence-corrected chi connectivity index (χ4v) is 3.27. The second kappa shape index (κ2) is 7.36. The predicted molar refractivity (Wildman–Crippen MR) is 101 cm³/mol. The minimum Gasteiger partial charge on any atom is -0.452 e. The highest BCUT2D eigenvalue weighted by Gasteiger charge is 2.31. The Labute approximate surface area is 158 Å². The minimum atomic E-state index is -1.01. The molecule has 0 saturated carbocycles. The lowest BCUT2D eigenvalue weighted by molar-refractivity contribution is -0.125. The van der Waals surface area contributed by atoms with Crippen LogP contribution in [-0.4, -0.2) is 29.0 Å². The molecule has 6 heteroatoms. The Balaban J connectivity index is 1.80. The molecule has 6 nitrogen and oxygen atoms in total. The first-order valence-corrected chi connectivity index (χ1v) is 9.15. The van der Waals surface area contributed by atoms with Crippen molar-refractivity contribution in [1.29, 1.82) is 5.26 Å². The van der Waals surface area contributed by atoms with E-state index in [1.54, 1.807) is 6.92 Å². The van der Waals surface area contributed by atoms with E-state index in [0.717, 1.165) is 41.4 Å². The summed E-state index contributed by atoms with van der Waals surface area (Å²) in [7, 11) is 0. The molecule has 1 aliphatic rings. The Morgan fingerprint density at radius 3 is 2.78 bits per heavy atom. The number of esters is 1. The predicted octanol–water partition coefficient (Wildman–Crippen LogP) is 2.93. The van der Waals surface area contributed by atoms with E-state index in [4.69, 9.17) is 4.74 Å². The van der Waals surface area contributed by atoms with Crippen LogP contribution in [-0.2, 0) is 22.4 Å². The van der Waals surface area contributed by atoms with E-state index >= 15 is 0 Å². The molecule has 1 atom stereocenters. The Kier molecular flexibility index (Phi) is 5.13. The van der Waals surface area contributed by atoms with Crippen molar-refractivity contribution in [2.75, 3.05) is 6.61 Å². The zero-order chi connectivity index (χ0) is 19.6. The number of nitriles is 1. The summed E-state index contributed by atoms with van der Waals surface area (Å²) in [5.41, 5.74) is 2.11. The SMILES string of the molecule is CC(C)C(C)(C#N)NC(=O)COC(=O)c1c2c(nc3ccccc13)CCC2. The smallest absolute Gasteiger partial charge is 0.339 e. The van der Waals surface area contributed by atoms with Gasteiger partial charge >= 0.3 is 5.97 Å². The molecule has 2 aromatic rings. The van der Waals surface area contributed by atoms with E-state index in [0.29, 0.717) is 5.56 Å². The van der Waals surface area contributed by atoms with Crippen LogP contribution in [0.3, 0.4) is 0 Å². The van der Waals surface area contributed by atoms with Gasteiger partial charge in [-0.15, -0.1) is 0 Å². The van der Waals surface area contributed by atoms with Gasteiger partial charge in [0.2, 0.25) is 0 Å². The molecule has 140 valence electrons. The van der Waals surface area contributed by atoms with E-state index in [2.05, 4.69) is 16.4 Å². The number of benzene rings is 1. The maximum atomic E-state index is 12.8. The highest BCUT2D eigenvalue weighted by Crippen LogP contribution is 2.30. The lowest BCUT2D eigenvalue weighted by Gasteiger charge is -2.27. The number of carbonyl (C=O) groups is 2. The lowest BCUT2D eigenvalue weighted by Crippen LogP contribution is -2.50. The summed E-state index contributed by atoms with van der Waals surface area (Å²) in [6.07, 6.45) is 2.58. The molecule has 3 rings (SSSR count). The second-order valence-electron chi connectivity index (χ2n) is 7.38. The Bertz CT molecular complexity index is 946. The van der Waals surface area contributed by atoms with Crippen molar-refractivity contribution in [2.45, 2.75) is 45.6 Å². The van der Waals surface area contributed by atoms with Crippen LogP contribution in [0.25, 0.3) is 10.9 Å². The maximum Gasteiger partial charge on any atom is 0.339 e. The summed E-state index contributed by atoms with van der Waals surface area (Å²) in [5, 5.41) is 12.7. The quantitative estimate of drug-likeness (QED) is 0.823. The van der Waals surface area contributed by atoms with Crippen molar-refractivity contribution in [2.24, 2.45) is 5.92 Å². The van der Waals surface area contributed by atoms with Crippen LogP contribution in [0.2, 0.25) is 0 Å². The summed E-state index contributed by atoms with van der Waals surface area (Å²) in [4.78, 5) is 29.7. The molecular formula is C21H23N3O3. The normalized spacial score (nSPS) is 15.1. The van der Waals surface area contributed by atoms with Crippen LogP contribution in [0.1, 0.15) is 48.8 Å². The first-order valence-electron chi connectivity index (χ1n) is 9.15. The minimum absolute atomic E-state index is 0.0745. The zero-order valence-corrected chi connectivity index (χ0v) is 15.8. The topological polar surface area (TPSA) is 92.1 Å². The van der Waals surface area contributed by atoms with Crippen LogP contribution in [0.4, 0.5) is 0 Å². The number of aromatic nitrogens is 1. The van der Waals surface area contributed by atoms with Crippen molar-refractivity contribution in [3.63, 3.8) is 0 Å². The Morgan fingerprint density at radius 2 is 2.07 bits per heavy atom. The van der Waals surface area contributed by atoms with E-state index in [1.807, 2.05) is 38.1 Å². The fourth-order valence-electron chi connectivity index (χ4n) is 3.27. The average molecular weight is 365 g/mol. The van der Waals surface area contributed by atoms with Gasteiger partial charge < -0.3 is 10.1 Å². The number of hydrogen-bond donors (Lipinski definition) is 1. The van der Waals surface area contributed by atoms with Gasteiger partial charge in [-0.1, -0.05) is 32.0 Å². The zero-order valence-electron chi connectivity index (χ0n) is 15.8. The molecule has 1 N–H and O–H groups in total.